The Hall–Kier alpha value is -1.46. The Morgan fingerprint density at radius 3 is 2.78 bits per heavy atom. The molecular formula is C18H26FNO3. The van der Waals surface area contributed by atoms with Crippen molar-refractivity contribution >= 4 is 5.91 Å². The smallest absolute Gasteiger partial charge is 0.230 e. The quantitative estimate of drug-likeness (QED) is 0.811. The Bertz CT molecular complexity index is 515. The van der Waals surface area contributed by atoms with Gasteiger partial charge in [0.05, 0.1) is 18.1 Å². The van der Waals surface area contributed by atoms with E-state index in [9.17, 15) is 14.3 Å². The summed E-state index contributed by atoms with van der Waals surface area (Å²) in [5.74, 6) is -0.372. The lowest BCUT2D eigenvalue weighted by molar-refractivity contribution is -0.128. The average molecular weight is 323 g/mol. The SMILES string of the molecule is COCC(O)CCNC(=O)C1(c2cccc(F)c2)CCCCC1. The average Bonchev–Trinajstić information content (AvgIpc) is 2.55. The summed E-state index contributed by atoms with van der Waals surface area (Å²) in [6, 6.07) is 6.38. The van der Waals surface area contributed by atoms with Crippen LogP contribution < -0.4 is 5.32 Å². The van der Waals surface area contributed by atoms with Crippen molar-refractivity contribution in [2.24, 2.45) is 0 Å². The molecule has 1 fully saturated rings. The fourth-order valence-corrected chi connectivity index (χ4v) is 3.39. The van der Waals surface area contributed by atoms with Crippen molar-refractivity contribution in [1.82, 2.24) is 5.32 Å². The van der Waals surface area contributed by atoms with E-state index in [1.54, 1.807) is 6.07 Å². The van der Waals surface area contributed by atoms with Crippen LogP contribution in [0.15, 0.2) is 24.3 Å². The highest BCUT2D eigenvalue weighted by Crippen LogP contribution is 2.39. The molecule has 0 saturated heterocycles. The van der Waals surface area contributed by atoms with Crippen molar-refractivity contribution in [2.45, 2.75) is 50.0 Å². The van der Waals surface area contributed by atoms with Crippen molar-refractivity contribution in [3.8, 4) is 0 Å². The first-order valence-corrected chi connectivity index (χ1v) is 8.30. The zero-order valence-corrected chi connectivity index (χ0v) is 13.7. The number of amides is 1. The molecule has 2 rings (SSSR count). The van der Waals surface area contributed by atoms with Gasteiger partial charge in [-0.25, -0.2) is 4.39 Å². The monoisotopic (exact) mass is 323 g/mol. The fourth-order valence-electron chi connectivity index (χ4n) is 3.39. The van der Waals surface area contributed by atoms with Crippen LogP contribution in [0.4, 0.5) is 4.39 Å². The summed E-state index contributed by atoms with van der Waals surface area (Å²) in [4.78, 5) is 12.8. The molecule has 1 aliphatic rings. The number of carbonyl (C=O) groups excluding carboxylic acids is 1. The van der Waals surface area contributed by atoms with Gasteiger partial charge in [0.2, 0.25) is 5.91 Å². The van der Waals surface area contributed by atoms with E-state index in [1.165, 1.54) is 19.2 Å². The van der Waals surface area contributed by atoms with Gasteiger partial charge >= 0.3 is 0 Å². The highest BCUT2D eigenvalue weighted by atomic mass is 19.1. The molecule has 5 heteroatoms. The molecule has 2 N–H and O–H groups in total. The van der Waals surface area contributed by atoms with Crippen LogP contribution in [-0.2, 0) is 14.9 Å². The lowest BCUT2D eigenvalue weighted by Crippen LogP contribution is -2.46. The van der Waals surface area contributed by atoms with Crippen LogP contribution in [0.1, 0.15) is 44.1 Å². The van der Waals surface area contributed by atoms with Crippen molar-refractivity contribution < 1.29 is 19.0 Å². The lowest BCUT2D eigenvalue weighted by Gasteiger charge is -2.36. The summed E-state index contributed by atoms with van der Waals surface area (Å²) in [6.07, 6.45) is 4.38. The summed E-state index contributed by atoms with van der Waals surface area (Å²) in [5, 5.41) is 12.6. The van der Waals surface area contributed by atoms with E-state index in [2.05, 4.69) is 5.32 Å². The van der Waals surface area contributed by atoms with Gasteiger partial charge in [-0.2, -0.15) is 0 Å². The van der Waals surface area contributed by atoms with E-state index >= 15 is 0 Å². The van der Waals surface area contributed by atoms with E-state index in [1.807, 2.05) is 6.07 Å². The maximum absolute atomic E-state index is 13.6. The molecule has 1 aromatic rings. The van der Waals surface area contributed by atoms with Crippen LogP contribution in [-0.4, -0.2) is 37.4 Å². The number of aliphatic hydroxyl groups is 1. The molecule has 4 nitrogen and oxygen atoms in total. The molecule has 0 bridgehead atoms. The van der Waals surface area contributed by atoms with Gasteiger partial charge in [-0.1, -0.05) is 31.4 Å². The number of rotatable bonds is 7. The minimum absolute atomic E-state index is 0.0626. The number of nitrogens with one attached hydrogen (secondary N) is 1. The van der Waals surface area contributed by atoms with Gasteiger partial charge in [0.25, 0.3) is 0 Å². The first kappa shape index (κ1) is 17.9. The molecule has 1 aliphatic carbocycles. The van der Waals surface area contributed by atoms with Gasteiger partial charge in [-0.3, -0.25) is 4.79 Å². The van der Waals surface area contributed by atoms with E-state index in [-0.39, 0.29) is 18.3 Å². The van der Waals surface area contributed by atoms with Crippen LogP contribution in [0.3, 0.4) is 0 Å². The molecular weight excluding hydrogens is 297 g/mol. The van der Waals surface area contributed by atoms with E-state index in [0.29, 0.717) is 13.0 Å². The lowest BCUT2D eigenvalue weighted by atomic mass is 9.68. The molecule has 0 aliphatic heterocycles. The minimum atomic E-state index is -0.646. The Kier molecular flexibility index (Phi) is 6.54. The molecule has 0 heterocycles. The molecule has 1 unspecified atom stereocenters. The summed E-state index contributed by atoms with van der Waals surface area (Å²) >= 11 is 0. The Morgan fingerprint density at radius 2 is 2.13 bits per heavy atom. The predicted octanol–water partition coefficient (Wildman–Crippen LogP) is 2.54. The molecule has 1 aromatic carbocycles. The molecule has 1 atom stereocenters. The van der Waals surface area contributed by atoms with Crippen LogP contribution >= 0.6 is 0 Å². The number of hydrogen-bond acceptors (Lipinski definition) is 3. The van der Waals surface area contributed by atoms with E-state index in [4.69, 9.17) is 4.74 Å². The third-order valence-corrected chi connectivity index (χ3v) is 4.64. The Labute approximate surface area is 137 Å². The van der Waals surface area contributed by atoms with Crippen molar-refractivity contribution in [3.63, 3.8) is 0 Å². The Balaban J connectivity index is 2.07. The maximum Gasteiger partial charge on any atom is 0.230 e. The molecule has 1 saturated carbocycles. The van der Waals surface area contributed by atoms with Crippen LogP contribution in [0.2, 0.25) is 0 Å². The van der Waals surface area contributed by atoms with Gasteiger partial charge < -0.3 is 15.2 Å². The number of aliphatic hydroxyl groups excluding tert-OH is 1. The summed E-state index contributed by atoms with van der Waals surface area (Å²) in [5.41, 5.74) is 0.110. The van der Waals surface area contributed by atoms with Crippen molar-refractivity contribution in [3.05, 3.63) is 35.6 Å². The normalized spacial score (nSPS) is 18.4. The fraction of sp³-hybridized carbons (Fsp3) is 0.611. The Morgan fingerprint density at radius 1 is 1.39 bits per heavy atom. The van der Waals surface area contributed by atoms with Crippen molar-refractivity contribution in [2.75, 3.05) is 20.3 Å². The van der Waals surface area contributed by atoms with Crippen LogP contribution in [0.5, 0.6) is 0 Å². The molecule has 1 amide bonds. The van der Waals surface area contributed by atoms with Crippen LogP contribution in [0.25, 0.3) is 0 Å². The molecule has 23 heavy (non-hydrogen) atoms. The summed E-state index contributed by atoms with van der Waals surface area (Å²) in [7, 11) is 1.53. The topological polar surface area (TPSA) is 58.6 Å². The van der Waals surface area contributed by atoms with E-state index in [0.717, 1.165) is 37.7 Å². The molecule has 0 radical (unpaired) electrons. The molecule has 0 spiro atoms. The van der Waals surface area contributed by atoms with Crippen LogP contribution in [0, 0.1) is 5.82 Å². The highest BCUT2D eigenvalue weighted by molar-refractivity contribution is 5.88. The predicted molar refractivity (Wildman–Crippen MR) is 86.7 cm³/mol. The number of carbonyl (C=O) groups is 1. The largest absolute Gasteiger partial charge is 0.391 e. The van der Waals surface area contributed by atoms with Gasteiger partial charge in [0.15, 0.2) is 0 Å². The standard InChI is InChI=1S/C18H26FNO3/c1-23-13-16(21)8-11-20-17(22)18(9-3-2-4-10-18)14-6-5-7-15(19)12-14/h5-7,12,16,21H,2-4,8-11,13H2,1H3,(H,20,22). The third-order valence-electron chi connectivity index (χ3n) is 4.64. The first-order valence-electron chi connectivity index (χ1n) is 8.30. The first-order chi connectivity index (χ1) is 11.1. The summed E-state index contributed by atoms with van der Waals surface area (Å²) < 4.78 is 18.5. The third kappa shape index (κ3) is 4.52. The summed E-state index contributed by atoms with van der Waals surface area (Å²) in [6.45, 7) is 0.644. The molecule has 0 aromatic heterocycles. The van der Waals surface area contributed by atoms with Crippen molar-refractivity contribution in [1.29, 1.82) is 0 Å². The second-order valence-electron chi connectivity index (χ2n) is 6.31. The maximum atomic E-state index is 13.6. The molecule has 128 valence electrons. The zero-order chi connectivity index (χ0) is 16.7. The van der Waals surface area contributed by atoms with Gasteiger partial charge in [0.1, 0.15) is 5.82 Å². The van der Waals surface area contributed by atoms with Gasteiger partial charge in [-0.15, -0.1) is 0 Å². The van der Waals surface area contributed by atoms with Gasteiger partial charge in [0, 0.05) is 13.7 Å². The second kappa shape index (κ2) is 8.41. The number of methoxy groups -OCH3 is 1. The number of benzene rings is 1. The van der Waals surface area contributed by atoms with Gasteiger partial charge in [-0.05, 0) is 37.0 Å². The highest BCUT2D eigenvalue weighted by Gasteiger charge is 2.41. The number of ether oxygens (including phenoxy) is 1. The minimum Gasteiger partial charge on any atom is -0.391 e. The number of halogens is 1. The number of hydrogen-bond donors (Lipinski definition) is 2. The second-order valence-corrected chi connectivity index (χ2v) is 6.31. The van der Waals surface area contributed by atoms with E-state index < -0.39 is 11.5 Å². The zero-order valence-electron chi connectivity index (χ0n) is 13.7.